The molecule has 0 saturated carbocycles. The van der Waals surface area contributed by atoms with Crippen LogP contribution in [0.1, 0.15) is 23.6 Å². The van der Waals surface area contributed by atoms with E-state index in [1.165, 1.54) is 11.1 Å². The van der Waals surface area contributed by atoms with Crippen molar-refractivity contribution < 1.29 is 9.47 Å². The van der Waals surface area contributed by atoms with Crippen molar-refractivity contribution in [1.82, 2.24) is 10.6 Å². The monoisotopic (exact) mass is 483 g/mol. The van der Waals surface area contributed by atoms with E-state index in [2.05, 4.69) is 46.8 Å². The van der Waals surface area contributed by atoms with Crippen LogP contribution in [0.15, 0.2) is 47.5 Å². The molecule has 148 valence electrons. The number of methoxy groups -OCH3 is 2. The summed E-state index contributed by atoms with van der Waals surface area (Å²) < 4.78 is 10.6. The number of rotatable bonds is 8. The predicted octanol–water partition coefficient (Wildman–Crippen LogP) is 3.79. The van der Waals surface area contributed by atoms with Crippen molar-refractivity contribution in [3.63, 3.8) is 0 Å². The summed E-state index contributed by atoms with van der Waals surface area (Å²) in [5.41, 5.74) is 3.79. The molecule has 2 N–H and O–H groups in total. The number of aliphatic imine (C=N–C) groups is 1. The Hall–Kier alpha value is -1.96. The first kappa shape index (κ1) is 23.1. The average Bonchev–Trinajstić information content (AvgIpc) is 2.70. The molecule has 0 aromatic heterocycles. The Bertz CT molecular complexity index is 718. The van der Waals surface area contributed by atoms with Crippen molar-refractivity contribution >= 4 is 29.9 Å². The van der Waals surface area contributed by atoms with Gasteiger partial charge in [0.2, 0.25) is 0 Å². The van der Waals surface area contributed by atoms with Crippen LogP contribution in [-0.2, 0) is 19.4 Å². The van der Waals surface area contributed by atoms with Gasteiger partial charge in [0.25, 0.3) is 0 Å². The first-order valence-electron chi connectivity index (χ1n) is 8.93. The normalized spacial score (nSPS) is 10.7. The number of nitrogens with zero attached hydrogens (tertiary/aromatic N) is 1. The van der Waals surface area contributed by atoms with Gasteiger partial charge in [-0.15, -0.1) is 24.0 Å². The Morgan fingerprint density at radius 1 is 0.889 bits per heavy atom. The minimum Gasteiger partial charge on any atom is -0.493 e. The zero-order valence-electron chi connectivity index (χ0n) is 16.5. The zero-order chi connectivity index (χ0) is 18.8. The van der Waals surface area contributed by atoms with E-state index in [4.69, 9.17) is 9.47 Å². The highest BCUT2D eigenvalue weighted by Crippen LogP contribution is 2.27. The molecular formula is C21H30IN3O2. The van der Waals surface area contributed by atoms with Crippen LogP contribution in [0.5, 0.6) is 11.5 Å². The van der Waals surface area contributed by atoms with Crippen LogP contribution in [0.3, 0.4) is 0 Å². The van der Waals surface area contributed by atoms with Crippen molar-refractivity contribution in [1.29, 1.82) is 0 Å². The Labute approximate surface area is 179 Å². The maximum atomic E-state index is 5.34. The number of ether oxygens (including phenoxy) is 2. The quantitative estimate of drug-likeness (QED) is 0.341. The lowest BCUT2D eigenvalue weighted by Crippen LogP contribution is -2.37. The van der Waals surface area contributed by atoms with E-state index in [0.29, 0.717) is 6.54 Å². The van der Waals surface area contributed by atoms with Gasteiger partial charge in [-0.05, 0) is 41.7 Å². The van der Waals surface area contributed by atoms with Gasteiger partial charge >= 0.3 is 0 Å². The average molecular weight is 483 g/mol. The number of halogens is 1. The van der Waals surface area contributed by atoms with Gasteiger partial charge in [0.05, 0.1) is 14.2 Å². The molecule has 0 unspecified atom stereocenters. The summed E-state index contributed by atoms with van der Waals surface area (Å²) >= 11 is 0. The number of hydrogen-bond donors (Lipinski definition) is 2. The Morgan fingerprint density at radius 2 is 1.52 bits per heavy atom. The topological polar surface area (TPSA) is 54.9 Å². The molecule has 0 aliphatic rings. The molecule has 5 nitrogen and oxygen atoms in total. The third-order valence-corrected chi connectivity index (χ3v) is 4.27. The van der Waals surface area contributed by atoms with Gasteiger partial charge < -0.3 is 20.1 Å². The molecule has 0 heterocycles. The first-order chi connectivity index (χ1) is 12.7. The van der Waals surface area contributed by atoms with Crippen LogP contribution in [0.25, 0.3) is 0 Å². The highest BCUT2D eigenvalue weighted by molar-refractivity contribution is 14.0. The van der Waals surface area contributed by atoms with Gasteiger partial charge in [0.15, 0.2) is 17.5 Å². The second kappa shape index (κ2) is 12.4. The van der Waals surface area contributed by atoms with Crippen molar-refractivity contribution in [2.45, 2.75) is 26.3 Å². The van der Waals surface area contributed by atoms with Crippen LogP contribution in [0.2, 0.25) is 0 Å². The fourth-order valence-electron chi connectivity index (χ4n) is 2.66. The molecule has 2 aromatic rings. The largest absolute Gasteiger partial charge is 0.493 e. The van der Waals surface area contributed by atoms with Gasteiger partial charge in [-0.1, -0.05) is 37.3 Å². The molecule has 0 fully saturated rings. The maximum Gasteiger partial charge on any atom is 0.191 e. The first-order valence-corrected chi connectivity index (χ1v) is 8.93. The smallest absolute Gasteiger partial charge is 0.191 e. The fraction of sp³-hybridized carbons (Fsp3) is 0.381. The van der Waals surface area contributed by atoms with Crippen molar-refractivity contribution in [2.24, 2.45) is 4.99 Å². The number of aryl methyl sites for hydroxylation is 1. The molecule has 0 spiro atoms. The number of guanidine groups is 1. The molecule has 2 rings (SSSR count). The fourth-order valence-corrected chi connectivity index (χ4v) is 2.66. The maximum absolute atomic E-state index is 5.34. The summed E-state index contributed by atoms with van der Waals surface area (Å²) in [6, 6.07) is 14.7. The third kappa shape index (κ3) is 7.28. The van der Waals surface area contributed by atoms with Crippen LogP contribution in [0, 0.1) is 0 Å². The standard InChI is InChI=1S/C21H29N3O2.HI/c1-5-16-6-8-17(9-7-16)12-13-23-21(22-2)24-15-18-10-11-19(25-3)20(14-18)26-4;/h6-11,14H,5,12-13,15H2,1-4H3,(H2,22,23,24);1H. The van der Waals surface area contributed by atoms with Crippen molar-refractivity contribution in [2.75, 3.05) is 27.8 Å². The van der Waals surface area contributed by atoms with E-state index in [1.807, 2.05) is 18.2 Å². The van der Waals surface area contributed by atoms with Crippen LogP contribution < -0.4 is 20.1 Å². The van der Waals surface area contributed by atoms with Gasteiger partial charge in [0, 0.05) is 20.1 Å². The summed E-state index contributed by atoms with van der Waals surface area (Å²) in [5.74, 6) is 2.24. The van der Waals surface area contributed by atoms with Crippen LogP contribution in [-0.4, -0.2) is 33.8 Å². The Balaban J connectivity index is 0.00000364. The highest BCUT2D eigenvalue weighted by Gasteiger charge is 2.05. The van der Waals surface area contributed by atoms with Gasteiger partial charge in [-0.2, -0.15) is 0 Å². The van der Waals surface area contributed by atoms with E-state index < -0.39 is 0 Å². The molecular weight excluding hydrogens is 453 g/mol. The SMILES string of the molecule is CCc1ccc(CCNC(=NC)NCc2ccc(OC)c(OC)c2)cc1.I. The molecule has 0 aliphatic heterocycles. The summed E-state index contributed by atoms with van der Waals surface area (Å²) in [7, 11) is 5.06. The molecule has 0 atom stereocenters. The number of hydrogen-bond acceptors (Lipinski definition) is 3. The third-order valence-electron chi connectivity index (χ3n) is 4.27. The molecule has 0 radical (unpaired) electrons. The zero-order valence-corrected chi connectivity index (χ0v) is 18.9. The van der Waals surface area contributed by atoms with E-state index in [9.17, 15) is 0 Å². The van der Waals surface area contributed by atoms with E-state index >= 15 is 0 Å². The molecule has 0 amide bonds. The lowest BCUT2D eigenvalue weighted by atomic mass is 10.1. The lowest BCUT2D eigenvalue weighted by Gasteiger charge is -2.13. The van der Waals surface area contributed by atoms with Crippen LogP contribution >= 0.6 is 24.0 Å². The minimum absolute atomic E-state index is 0. The lowest BCUT2D eigenvalue weighted by molar-refractivity contribution is 0.354. The van der Waals surface area contributed by atoms with Gasteiger partial charge in [-0.25, -0.2) is 0 Å². The Kier molecular flexibility index (Phi) is 10.6. The van der Waals surface area contributed by atoms with E-state index in [-0.39, 0.29) is 24.0 Å². The molecule has 6 heteroatoms. The summed E-state index contributed by atoms with van der Waals surface area (Å²) in [4.78, 5) is 4.28. The molecule has 2 aromatic carbocycles. The van der Waals surface area contributed by atoms with E-state index in [0.717, 1.165) is 42.4 Å². The van der Waals surface area contributed by atoms with Crippen LogP contribution in [0.4, 0.5) is 0 Å². The number of benzene rings is 2. The second-order valence-electron chi connectivity index (χ2n) is 5.96. The summed E-state index contributed by atoms with van der Waals surface area (Å²) in [5, 5.41) is 6.67. The predicted molar refractivity (Wildman–Crippen MR) is 123 cm³/mol. The molecule has 27 heavy (non-hydrogen) atoms. The molecule has 0 aliphatic carbocycles. The van der Waals surface area contributed by atoms with Crippen molar-refractivity contribution in [3.05, 3.63) is 59.2 Å². The van der Waals surface area contributed by atoms with Crippen molar-refractivity contribution in [3.8, 4) is 11.5 Å². The number of nitrogens with one attached hydrogen (secondary N) is 2. The summed E-state index contributed by atoms with van der Waals surface area (Å²) in [6.45, 7) is 3.66. The van der Waals surface area contributed by atoms with Gasteiger partial charge in [0.1, 0.15) is 0 Å². The van der Waals surface area contributed by atoms with E-state index in [1.54, 1.807) is 21.3 Å². The Morgan fingerprint density at radius 3 is 2.11 bits per heavy atom. The molecule has 0 bridgehead atoms. The highest BCUT2D eigenvalue weighted by atomic mass is 127. The minimum atomic E-state index is 0. The van der Waals surface area contributed by atoms with Gasteiger partial charge in [-0.3, -0.25) is 4.99 Å². The summed E-state index contributed by atoms with van der Waals surface area (Å²) in [6.07, 6.45) is 2.03. The second-order valence-corrected chi connectivity index (χ2v) is 5.96. The molecule has 0 saturated heterocycles.